The molecule has 0 unspecified atom stereocenters. The van der Waals surface area contributed by atoms with E-state index in [1.54, 1.807) is 0 Å². The molecule has 0 atom stereocenters. The maximum absolute atomic E-state index is 5.72. The van der Waals surface area contributed by atoms with Gasteiger partial charge in [0.05, 0.1) is 12.8 Å². The minimum atomic E-state index is 0.763. The van der Waals surface area contributed by atoms with Crippen molar-refractivity contribution in [2.45, 2.75) is 44.8 Å². The summed E-state index contributed by atoms with van der Waals surface area (Å²) in [6.07, 6.45) is 7.23. The lowest BCUT2D eigenvalue weighted by molar-refractivity contribution is 0.149. The maximum Gasteiger partial charge on any atom is 0.118 e. The summed E-state index contributed by atoms with van der Waals surface area (Å²) in [7, 11) is 4.35. The molecule has 1 saturated heterocycles. The highest BCUT2D eigenvalue weighted by atomic mass is 16.3. The molecule has 1 aliphatic carbocycles. The average molecular weight is 291 g/mol. The van der Waals surface area contributed by atoms with Gasteiger partial charge in [-0.3, -0.25) is 4.90 Å². The summed E-state index contributed by atoms with van der Waals surface area (Å²) in [5.41, 5.74) is 1.29. The van der Waals surface area contributed by atoms with Crippen LogP contribution in [0, 0.1) is 5.92 Å². The number of hydrogen-bond acceptors (Lipinski definition) is 4. The number of rotatable bonds is 7. The van der Waals surface area contributed by atoms with Gasteiger partial charge in [-0.05, 0) is 64.9 Å². The average Bonchev–Trinajstić information content (AvgIpc) is 3.18. The molecule has 1 aromatic rings. The largest absolute Gasteiger partial charge is 0.468 e. The van der Waals surface area contributed by atoms with Crippen molar-refractivity contribution >= 4 is 0 Å². The molecule has 3 rings (SSSR count). The van der Waals surface area contributed by atoms with E-state index in [1.165, 1.54) is 50.9 Å². The molecule has 2 heterocycles. The second-order valence-corrected chi connectivity index (χ2v) is 7.06. The van der Waals surface area contributed by atoms with E-state index in [2.05, 4.69) is 35.3 Å². The van der Waals surface area contributed by atoms with Gasteiger partial charge >= 0.3 is 0 Å². The Kier molecular flexibility index (Phi) is 4.99. The molecular weight excluding hydrogens is 262 g/mol. The standard InChI is InChI=1S/C17H29N3O/c1-19(2)11-14-5-7-20(8-6-14)12-17-9-15(13-21-17)10-18-16-3-4-16/h9,13-14,16,18H,3-8,10-12H2,1-2H3. The predicted octanol–water partition coefficient (Wildman–Crippen LogP) is 2.31. The Bertz CT molecular complexity index is 431. The van der Waals surface area contributed by atoms with Gasteiger partial charge in [0.1, 0.15) is 5.76 Å². The predicted molar refractivity (Wildman–Crippen MR) is 85.1 cm³/mol. The first-order chi connectivity index (χ1) is 10.2. The van der Waals surface area contributed by atoms with Crippen molar-refractivity contribution in [1.82, 2.24) is 15.1 Å². The van der Waals surface area contributed by atoms with Crippen LogP contribution in [-0.2, 0) is 13.1 Å². The Hall–Kier alpha value is -0.840. The maximum atomic E-state index is 5.72. The third-order valence-corrected chi connectivity index (χ3v) is 4.59. The molecule has 4 heteroatoms. The van der Waals surface area contributed by atoms with Crippen LogP contribution in [-0.4, -0.2) is 49.6 Å². The smallest absolute Gasteiger partial charge is 0.118 e. The summed E-state index contributed by atoms with van der Waals surface area (Å²) in [5.74, 6) is 1.99. The van der Waals surface area contributed by atoms with Crippen LogP contribution in [0.4, 0.5) is 0 Å². The third-order valence-electron chi connectivity index (χ3n) is 4.59. The van der Waals surface area contributed by atoms with Gasteiger partial charge in [0.15, 0.2) is 0 Å². The van der Waals surface area contributed by atoms with E-state index in [0.717, 1.165) is 30.8 Å². The van der Waals surface area contributed by atoms with E-state index in [9.17, 15) is 0 Å². The van der Waals surface area contributed by atoms with Gasteiger partial charge in [-0.25, -0.2) is 0 Å². The Labute approximate surface area is 128 Å². The van der Waals surface area contributed by atoms with Crippen LogP contribution in [0.3, 0.4) is 0 Å². The molecule has 4 nitrogen and oxygen atoms in total. The van der Waals surface area contributed by atoms with Gasteiger partial charge in [0.2, 0.25) is 0 Å². The zero-order chi connectivity index (χ0) is 14.7. The van der Waals surface area contributed by atoms with E-state index in [0.29, 0.717) is 0 Å². The molecular formula is C17H29N3O. The lowest BCUT2D eigenvalue weighted by atomic mass is 9.96. The van der Waals surface area contributed by atoms with Crippen molar-refractivity contribution in [1.29, 1.82) is 0 Å². The van der Waals surface area contributed by atoms with Gasteiger partial charge in [-0.15, -0.1) is 0 Å². The van der Waals surface area contributed by atoms with Crippen LogP contribution in [0.2, 0.25) is 0 Å². The first kappa shape index (κ1) is 15.1. The molecule has 118 valence electrons. The zero-order valence-corrected chi connectivity index (χ0v) is 13.5. The molecule has 0 bridgehead atoms. The number of nitrogens with one attached hydrogen (secondary N) is 1. The minimum Gasteiger partial charge on any atom is -0.468 e. The molecule has 1 aromatic heterocycles. The van der Waals surface area contributed by atoms with Crippen LogP contribution < -0.4 is 5.32 Å². The number of likely N-dealkylation sites (tertiary alicyclic amines) is 1. The first-order valence-electron chi connectivity index (χ1n) is 8.36. The minimum absolute atomic E-state index is 0.763. The Balaban J connectivity index is 1.40. The number of hydrogen-bond donors (Lipinski definition) is 1. The topological polar surface area (TPSA) is 31.6 Å². The van der Waals surface area contributed by atoms with Gasteiger partial charge in [0, 0.05) is 24.7 Å². The number of furan rings is 1. The molecule has 0 amide bonds. The van der Waals surface area contributed by atoms with Crippen LogP contribution in [0.25, 0.3) is 0 Å². The molecule has 0 radical (unpaired) electrons. The SMILES string of the molecule is CN(C)CC1CCN(Cc2cc(CNC3CC3)co2)CC1. The highest BCUT2D eigenvalue weighted by Crippen LogP contribution is 2.21. The van der Waals surface area contributed by atoms with Crippen LogP contribution >= 0.6 is 0 Å². The first-order valence-corrected chi connectivity index (χ1v) is 8.36. The molecule has 0 aromatic carbocycles. The van der Waals surface area contributed by atoms with Gasteiger partial charge < -0.3 is 14.6 Å². The summed E-state index contributed by atoms with van der Waals surface area (Å²) < 4.78 is 5.72. The van der Waals surface area contributed by atoms with Crippen molar-refractivity contribution in [2.24, 2.45) is 5.92 Å². The fraction of sp³-hybridized carbons (Fsp3) is 0.765. The van der Waals surface area contributed by atoms with E-state index < -0.39 is 0 Å². The quantitative estimate of drug-likeness (QED) is 0.835. The summed E-state index contributed by atoms with van der Waals surface area (Å²) in [6, 6.07) is 2.99. The fourth-order valence-electron chi connectivity index (χ4n) is 3.22. The van der Waals surface area contributed by atoms with Gasteiger partial charge in [-0.1, -0.05) is 0 Å². The second kappa shape index (κ2) is 6.95. The lowest BCUT2D eigenvalue weighted by Gasteiger charge is -2.32. The van der Waals surface area contributed by atoms with Crippen LogP contribution in [0.15, 0.2) is 16.7 Å². The van der Waals surface area contributed by atoms with Crippen molar-refractivity contribution in [3.05, 3.63) is 23.7 Å². The number of piperidine rings is 1. The highest BCUT2D eigenvalue weighted by Gasteiger charge is 2.22. The van der Waals surface area contributed by atoms with Crippen molar-refractivity contribution in [3.8, 4) is 0 Å². The second-order valence-electron chi connectivity index (χ2n) is 7.06. The normalized spacial score (nSPS) is 21.3. The van der Waals surface area contributed by atoms with Crippen molar-refractivity contribution in [2.75, 3.05) is 33.7 Å². The van der Waals surface area contributed by atoms with E-state index >= 15 is 0 Å². The third kappa shape index (κ3) is 4.83. The lowest BCUT2D eigenvalue weighted by Crippen LogP contribution is -2.36. The van der Waals surface area contributed by atoms with E-state index in [-0.39, 0.29) is 0 Å². The fourth-order valence-corrected chi connectivity index (χ4v) is 3.22. The van der Waals surface area contributed by atoms with Crippen LogP contribution in [0.1, 0.15) is 37.0 Å². The molecule has 2 aliphatic rings. The highest BCUT2D eigenvalue weighted by molar-refractivity contribution is 5.13. The molecule has 1 aliphatic heterocycles. The zero-order valence-electron chi connectivity index (χ0n) is 13.5. The molecule has 1 N–H and O–H groups in total. The summed E-state index contributed by atoms with van der Waals surface area (Å²) >= 11 is 0. The molecule has 21 heavy (non-hydrogen) atoms. The van der Waals surface area contributed by atoms with E-state index in [4.69, 9.17) is 4.42 Å². The summed E-state index contributed by atoms with van der Waals surface area (Å²) in [4.78, 5) is 4.84. The van der Waals surface area contributed by atoms with Crippen LogP contribution in [0.5, 0.6) is 0 Å². The van der Waals surface area contributed by atoms with Gasteiger partial charge in [-0.2, -0.15) is 0 Å². The van der Waals surface area contributed by atoms with Gasteiger partial charge in [0.25, 0.3) is 0 Å². The van der Waals surface area contributed by atoms with Crippen molar-refractivity contribution in [3.63, 3.8) is 0 Å². The molecule has 0 spiro atoms. The Morgan fingerprint density at radius 1 is 1.24 bits per heavy atom. The summed E-state index contributed by atoms with van der Waals surface area (Å²) in [6.45, 7) is 5.56. The Morgan fingerprint density at radius 3 is 2.67 bits per heavy atom. The summed E-state index contributed by atoms with van der Waals surface area (Å²) in [5, 5.41) is 3.54. The Morgan fingerprint density at radius 2 is 2.00 bits per heavy atom. The van der Waals surface area contributed by atoms with Crippen molar-refractivity contribution < 1.29 is 4.42 Å². The monoisotopic (exact) mass is 291 g/mol. The molecule has 1 saturated carbocycles. The molecule has 2 fully saturated rings. The number of nitrogens with zero attached hydrogens (tertiary/aromatic N) is 2. The van der Waals surface area contributed by atoms with E-state index in [1.807, 2.05) is 6.26 Å².